The summed E-state index contributed by atoms with van der Waals surface area (Å²) in [5, 5.41) is 3.85. The van der Waals surface area contributed by atoms with Gasteiger partial charge in [-0.2, -0.15) is 0 Å². The van der Waals surface area contributed by atoms with Gasteiger partial charge in [-0.3, -0.25) is 10.3 Å². The number of aromatic nitrogens is 1. The molecule has 116 valence electrons. The van der Waals surface area contributed by atoms with Crippen molar-refractivity contribution in [2.45, 2.75) is 0 Å². The highest BCUT2D eigenvalue weighted by Crippen LogP contribution is 2.27. The van der Waals surface area contributed by atoms with Gasteiger partial charge in [0.15, 0.2) is 5.75 Å². The molecule has 5 nitrogen and oxygen atoms in total. The van der Waals surface area contributed by atoms with Crippen LogP contribution in [0.15, 0.2) is 54.7 Å². The average molecular weight is 329 g/mol. The summed E-state index contributed by atoms with van der Waals surface area (Å²) >= 11 is 6.09. The maximum absolute atomic E-state index is 12.1. The molecule has 0 aliphatic carbocycles. The number of pyridine rings is 1. The highest BCUT2D eigenvalue weighted by Gasteiger charge is 2.11. The smallest absolute Gasteiger partial charge is 0.417 e. The molecule has 0 spiro atoms. The van der Waals surface area contributed by atoms with E-state index in [4.69, 9.17) is 21.1 Å². The van der Waals surface area contributed by atoms with Crippen LogP contribution in [0.1, 0.15) is 0 Å². The number of ether oxygens (including phenoxy) is 2. The third-order valence-corrected chi connectivity index (χ3v) is 3.52. The van der Waals surface area contributed by atoms with E-state index in [0.29, 0.717) is 27.7 Å². The molecule has 2 aromatic carbocycles. The van der Waals surface area contributed by atoms with Crippen molar-refractivity contribution in [3.8, 4) is 11.5 Å². The quantitative estimate of drug-likeness (QED) is 0.768. The minimum Gasteiger partial charge on any atom is -0.497 e. The number of carbonyl (C=O) groups is 1. The van der Waals surface area contributed by atoms with Crippen LogP contribution in [0.2, 0.25) is 5.02 Å². The molecule has 0 fully saturated rings. The summed E-state index contributed by atoms with van der Waals surface area (Å²) in [5.74, 6) is 0.984. The van der Waals surface area contributed by atoms with Gasteiger partial charge in [-0.1, -0.05) is 29.8 Å². The van der Waals surface area contributed by atoms with Crippen LogP contribution in [0.3, 0.4) is 0 Å². The number of carbonyl (C=O) groups excluding carboxylic acids is 1. The van der Waals surface area contributed by atoms with Crippen LogP contribution in [0, 0.1) is 0 Å². The van der Waals surface area contributed by atoms with Crippen LogP contribution in [-0.4, -0.2) is 18.2 Å². The number of halogens is 1. The van der Waals surface area contributed by atoms with Gasteiger partial charge in [-0.05, 0) is 24.3 Å². The van der Waals surface area contributed by atoms with E-state index < -0.39 is 6.09 Å². The topological polar surface area (TPSA) is 60.5 Å². The van der Waals surface area contributed by atoms with Crippen molar-refractivity contribution in [1.29, 1.82) is 0 Å². The lowest BCUT2D eigenvalue weighted by molar-refractivity contribution is 0.215. The zero-order valence-electron chi connectivity index (χ0n) is 12.2. The van der Waals surface area contributed by atoms with Crippen LogP contribution >= 0.6 is 11.6 Å². The third-order valence-electron chi connectivity index (χ3n) is 3.21. The Labute approximate surface area is 137 Å². The van der Waals surface area contributed by atoms with Crippen molar-refractivity contribution in [2.75, 3.05) is 12.4 Å². The summed E-state index contributed by atoms with van der Waals surface area (Å²) in [6.45, 7) is 0. The van der Waals surface area contributed by atoms with Crippen molar-refractivity contribution in [1.82, 2.24) is 4.98 Å². The third kappa shape index (κ3) is 3.35. The van der Waals surface area contributed by atoms with E-state index in [2.05, 4.69) is 10.3 Å². The molecular weight excluding hydrogens is 316 g/mol. The summed E-state index contributed by atoms with van der Waals surface area (Å²) in [7, 11) is 1.54. The summed E-state index contributed by atoms with van der Waals surface area (Å²) in [6.07, 6.45) is 1.00. The van der Waals surface area contributed by atoms with Crippen molar-refractivity contribution in [2.24, 2.45) is 0 Å². The summed E-state index contributed by atoms with van der Waals surface area (Å²) < 4.78 is 10.4. The normalized spacial score (nSPS) is 10.3. The van der Waals surface area contributed by atoms with Gasteiger partial charge in [0.2, 0.25) is 0 Å². The van der Waals surface area contributed by atoms with Gasteiger partial charge in [0.25, 0.3) is 0 Å². The molecule has 0 aliphatic rings. The van der Waals surface area contributed by atoms with E-state index in [0.717, 1.165) is 5.39 Å². The predicted molar refractivity (Wildman–Crippen MR) is 89.4 cm³/mol. The zero-order chi connectivity index (χ0) is 16.2. The zero-order valence-corrected chi connectivity index (χ0v) is 13.0. The van der Waals surface area contributed by atoms with E-state index in [9.17, 15) is 4.79 Å². The number of amides is 1. The monoisotopic (exact) mass is 328 g/mol. The Kier molecular flexibility index (Phi) is 4.30. The van der Waals surface area contributed by atoms with E-state index >= 15 is 0 Å². The first-order valence-electron chi connectivity index (χ1n) is 6.83. The minimum atomic E-state index is -0.643. The molecule has 1 heterocycles. The fraction of sp³-hybridized carbons (Fsp3) is 0.0588. The average Bonchev–Trinajstić information content (AvgIpc) is 2.57. The van der Waals surface area contributed by atoms with Crippen molar-refractivity contribution < 1.29 is 14.3 Å². The van der Waals surface area contributed by atoms with Gasteiger partial charge in [0.1, 0.15) is 11.3 Å². The standard InChI is InChI=1S/C17H13ClN2O3/c1-22-12-7-8-14(13(18)10-12)20-17(21)23-15-6-2-4-11-5-3-9-19-16(11)15/h2-10H,1H3,(H,20,21). The van der Waals surface area contributed by atoms with Crippen LogP contribution < -0.4 is 14.8 Å². The van der Waals surface area contributed by atoms with Gasteiger partial charge >= 0.3 is 6.09 Å². The molecule has 0 bridgehead atoms. The maximum atomic E-state index is 12.1. The lowest BCUT2D eigenvalue weighted by Gasteiger charge is -2.10. The minimum absolute atomic E-state index is 0.359. The van der Waals surface area contributed by atoms with Gasteiger partial charge < -0.3 is 9.47 Å². The van der Waals surface area contributed by atoms with Crippen LogP contribution in [0.5, 0.6) is 11.5 Å². The largest absolute Gasteiger partial charge is 0.497 e. The fourth-order valence-corrected chi connectivity index (χ4v) is 2.34. The first kappa shape index (κ1) is 15.1. The molecule has 0 aliphatic heterocycles. The number of fused-ring (bicyclic) bond motifs is 1. The SMILES string of the molecule is COc1ccc(NC(=O)Oc2cccc3cccnc23)c(Cl)c1. The second-order valence-electron chi connectivity index (χ2n) is 4.69. The van der Waals surface area contributed by atoms with E-state index in [1.165, 1.54) is 0 Å². The highest BCUT2D eigenvalue weighted by atomic mass is 35.5. The lowest BCUT2D eigenvalue weighted by atomic mass is 10.2. The second-order valence-corrected chi connectivity index (χ2v) is 5.10. The molecule has 0 saturated heterocycles. The molecule has 0 atom stereocenters. The predicted octanol–water partition coefficient (Wildman–Crippen LogP) is 4.51. The molecule has 1 amide bonds. The summed E-state index contributed by atoms with van der Waals surface area (Å²) in [6, 6.07) is 14.0. The Bertz CT molecular complexity index is 862. The Hall–Kier alpha value is -2.79. The van der Waals surface area contributed by atoms with E-state index in [1.54, 1.807) is 43.6 Å². The molecule has 1 aromatic heterocycles. The van der Waals surface area contributed by atoms with Crippen LogP contribution in [0.4, 0.5) is 10.5 Å². The lowest BCUT2D eigenvalue weighted by Crippen LogP contribution is -2.17. The Morgan fingerprint density at radius 2 is 2.00 bits per heavy atom. The van der Waals surface area contributed by atoms with Crippen LogP contribution in [0.25, 0.3) is 10.9 Å². The fourth-order valence-electron chi connectivity index (χ4n) is 2.12. The number of rotatable bonds is 3. The van der Waals surface area contributed by atoms with Gasteiger partial charge in [0, 0.05) is 17.6 Å². The molecule has 3 aromatic rings. The van der Waals surface area contributed by atoms with Gasteiger partial charge in [-0.25, -0.2) is 4.79 Å². The number of para-hydroxylation sites is 1. The molecule has 0 saturated carbocycles. The highest BCUT2D eigenvalue weighted by molar-refractivity contribution is 6.33. The molecule has 0 radical (unpaired) electrons. The molecule has 6 heteroatoms. The number of nitrogens with one attached hydrogen (secondary N) is 1. The molecule has 23 heavy (non-hydrogen) atoms. The molecule has 3 rings (SSSR count). The van der Waals surface area contributed by atoms with Gasteiger partial charge in [0.05, 0.1) is 17.8 Å². The maximum Gasteiger partial charge on any atom is 0.417 e. The first-order valence-corrected chi connectivity index (χ1v) is 7.21. The van der Waals surface area contributed by atoms with Crippen molar-refractivity contribution in [3.63, 3.8) is 0 Å². The number of nitrogens with zero attached hydrogens (tertiary/aromatic N) is 1. The second kappa shape index (κ2) is 6.54. The summed E-state index contributed by atoms with van der Waals surface area (Å²) in [5.41, 5.74) is 1.05. The van der Waals surface area contributed by atoms with E-state index in [1.807, 2.05) is 18.2 Å². The van der Waals surface area contributed by atoms with Crippen LogP contribution in [-0.2, 0) is 0 Å². The Morgan fingerprint density at radius 1 is 1.17 bits per heavy atom. The Morgan fingerprint density at radius 3 is 2.78 bits per heavy atom. The number of hydrogen-bond acceptors (Lipinski definition) is 4. The van der Waals surface area contributed by atoms with Crippen molar-refractivity contribution >= 4 is 34.3 Å². The summed E-state index contributed by atoms with van der Waals surface area (Å²) in [4.78, 5) is 16.3. The molecule has 0 unspecified atom stereocenters. The number of hydrogen-bond donors (Lipinski definition) is 1. The number of benzene rings is 2. The molecular formula is C17H13ClN2O3. The van der Waals surface area contributed by atoms with Crippen molar-refractivity contribution in [3.05, 3.63) is 59.8 Å². The van der Waals surface area contributed by atoms with E-state index in [-0.39, 0.29) is 0 Å². The molecule has 1 N–H and O–H groups in total. The first-order chi connectivity index (χ1) is 11.2. The number of anilines is 1. The van der Waals surface area contributed by atoms with Gasteiger partial charge in [-0.15, -0.1) is 0 Å². The Balaban J connectivity index is 1.79. The number of methoxy groups -OCH3 is 1.